The lowest BCUT2D eigenvalue weighted by molar-refractivity contribution is 0.643. The summed E-state index contributed by atoms with van der Waals surface area (Å²) in [6, 6.07) is 0. The van der Waals surface area contributed by atoms with Crippen LogP contribution >= 0.6 is 0 Å². The van der Waals surface area contributed by atoms with Gasteiger partial charge in [-0.25, -0.2) is 0 Å². The molecule has 0 spiro atoms. The highest BCUT2D eigenvalue weighted by Gasteiger charge is 2.09. The molecule has 2 N–H and O–H groups in total. The van der Waals surface area contributed by atoms with Gasteiger partial charge >= 0.3 is 0 Å². The Kier molecular flexibility index (Phi) is 3.01. The van der Waals surface area contributed by atoms with Crippen molar-refractivity contribution < 1.29 is 0 Å². The maximum atomic E-state index is 5.77. The zero-order chi connectivity index (χ0) is 6.62. The van der Waals surface area contributed by atoms with Crippen LogP contribution in [-0.2, 0) is 0 Å². The number of nitrogens with two attached hydrogens (primary N) is 1. The van der Waals surface area contributed by atoms with E-state index in [1.54, 1.807) is 0 Å². The maximum absolute atomic E-state index is 5.77. The van der Waals surface area contributed by atoms with Crippen LogP contribution in [0.25, 0.3) is 0 Å². The SMILES string of the molecule is C=CC(N)([SiH3])CCC. The fourth-order valence-electron chi connectivity index (χ4n) is 0.641. The van der Waals surface area contributed by atoms with Crippen molar-refractivity contribution in [3.8, 4) is 0 Å². The molecule has 0 heterocycles. The molecule has 0 aromatic rings. The third-order valence-corrected chi connectivity index (χ3v) is 2.16. The van der Waals surface area contributed by atoms with E-state index in [2.05, 4.69) is 13.5 Å². The van der Waals surface area contributed by atoms with E-state index >= 15 is 0 Å². The molecular formula is C6H15NSi. The molecule has 48 valence electrons. The van der Waals surface area contributed by atoms with Gasteiger partial charge in [0.15, 0.2) is 0 Å². The van der Waals surface area contributed by atoms with Crippen LogP contribution in [0, 0.1) is 0 Å². The topological polar surface area (TPSA) is 26.0 Å². The lowest BCUT2D eigenvalue weighted by Crippen LogP contribution is -2.37. The molecular weight excluding hydrogens is 114 g/mol. The van der Waals surface area contributed by atoms with Gasteiger partial charge in [-0.3, -0.25) is 0 Å². The summed E-state index contributed by atoms with van der Waals surface area (Å²) in [6.45, 7) is 5.80. The molecule has 0 fully saturated rings. The average molecular weight is 129 g/mol. The van der Waals surface area contributed by atoms with Crippen molar-refractivity contribution in [2.24, 2.45) is 5.73 Å². The highest BCUT2D eigenvalue weighted by atomic mass is 28.1. The summed E-state index contributed by atoms with van der Waals surface area (Å²) >= 11 is 0. The molecule has 1 nitrogen and oxygen atoms in total. The Labute approximate surface area is 54.4 Å². The average Bonchev–Trinajstić information content (AvgIpc) is 1.67. The van der Waals surface area contributed by atoms with Crippen LogP contribution in [0.5, 0.6) is 0 Å². The zero-order valence-corrected chi connectivity index (χ0v) is 7.78. The quantitative estimate of drug-likeness (QED) is 0.421. The van der Waals surface area contributed by atoms with Crippen molar-refractivity contribution in [1.82, 2.24) is 0 Å². The molecule has 0 bridgehead atoms. The summed E-state index contributed by atoms with van der Waals surface area (Å²) in [6.07, 6.45) is 4.11. The molecule has 1 unspecified atom stereocenters. The highest BCUT2D eigenvalue weighted by molar-refractivity contribution is 6.16. The molecule has 0 rings (SSSR count). The Morgan fingerprint density at radius 1 is 1.88 bits per heavy atom. The standard InChI is InChI=1S/C6H15NSi/c1-3-5-6(7,8)4-2/h4H,2-3,5,7H2,1,8H3. The predicted octanol–water partition coefficient (Wildman–Crippen LogP) is -0.00710. The van der Waals surface area contributed by atoms with Gasteiger partial charge in [-0.2, -0.15) is 0 Å². The molecule has 0 aliphatic heterocycles. The van der Waals surface area contributed by atoms with Gasteiger partial charge in [0.25, 0.3) is 0 Å². The maximum Gasteiger partial charge on any atom is 0.0327 e. The lowest BCUT2D eigenvalue weighted by atomic mass is 10.2. The van der Waals surface area contributed by atoms with E-state index in [1.165, 1.54) is 0 Å². The highest BCUT2D eigenvalue weighted by Crippen LogP contribution is 2.03. The Bertz CT molecular complexity index is 78.6. The summed E-state index contributed by atoms with van der Waals surface area (Å²) < 4.78 is 0. The van der Waals surface area contributed by atoms with Crippen LogP contribution in [0.1, 0.15) is 19.8 Å². The number of rotatable bonds is 3. The van der Waals surface area contributed by atoms with Crippen molar-refractivity contribution in [1.29, 1.82) is 0 Å². The van der Waals surface area contributed by atoms with Crippen molar-refractivity contribution in [2.75, 3.05) is 0 Å². The van der Waals surface area contributed by atoms with Gasteiger partial charge in [-0.1, -0.05) is 19.4 Å². The molecule has 0 aliphatic rings. The second-order valence-corrected chi connectivity index (χ2v) is 4.32. The molecule has 2 heteroatoms. The van der Waals surface area contributed by atoms with E-state index in [-0.39, 0.29) is 5.16 Å². The summed E-state index contributed by atoms with van der Waals surface area (Å²) in [5, 5.41) is -0.00521. The van der Waals surface area contributed by atoms with Crippen molar-refractivity contribution in [3.05, 3.63) is 12.7 Å². The summed E-state index contributed by atoms with van der Waals surface area (Å²) in [5.41, 5.74) is 5.77. The lowest BCUT2D eigenvalue weighted by Gasteiger charge is -2.17. The molecule has 0 aliphatic carbocycles. The van der Waals surface area contributed by atoms with E-state index < -0.39 is 0 Å². The zero-order valence-electron chi connectivity index (χ0n) is 5.78. The molecule has 0 radical (unpaired) electrons. The summed E-state index contributed by atoms with van der Waals surface area (Å²) in [7, 11) is 1.02. The first-order valence-electron chi connectivity index (χ1n) is 3.05. The smallest absolute Gasteiger partial charge is 0.0327 e. The van der Waals surface area contributed by atoms with Crippen molar-refractivity contribution in [3.63, 3.8) is 0 Å². The molecule has 8 heavy (non-hydrogen) atoms. The third kappa shape index (κ3) is 2.99. The van der Waals surface area contributed by atoms with Crippen LogP contribution in [0.4, 0.5) is 0 Å². The Hall–Kier alpha value is -0.0831. The Morgan fingerprint density at radius 3 is 2.50 bits per heavy atom. The van der Waals surface area contributed by atoms with Gasteiger partial charge in [0.2, 0.25) is 0 Å². The summed E-state index contributed by atoms with van der Waals surface area (Å²) in [5.74, 6) is 0. The van der Waals surface area contributed by atoms with Crippen LogP contribution in [-0.4, -0.2) is 15.4 Å². The largest absolute Gasteiger partial charge is 0.325 e. The van der Waals surface area contributed by atoms with Gasteiger partial charge in [0.1, 0.15) is 0 Å². The van der Waals surface area contributed by atoms with Gasteiger partial charge in [-0.15, -0.1) is 6.58 Å². The van der Waals surface area contributed by atoms with Crippen LogP contribution < -0.4 is 5.73 Å². The van der Waals surface area contributed by atoms with Gasteiger partial charge in [0, 0.05) is 15.4 Å². The third-order valence-electron chi connectivity index (χ3n) is 1.25. The van der Waals surface area contributed by atoms with E-state index in [0.29, 0.717) is 0 Å². The molecule has 0 aromatic heterocycles. The van der Waals surface area contributed by atoms with E-state index in [4.69, 9.17) is 5.73 Å². The van der Waals surface area contributed by atoms with E-state index in [0.717, 1.165) is 23.1 Å². The minimum Gasteiger partial charge on any atom is -0.325 e. The van der Waals surface area contributed by atoms with E-state index in [1.807, 2.05) is 6.08 Å². The van der Waals surface area contributed by atoms with Crippen LogP contribution in [0.2, 0.25) is 0 Å². The Morgan fingerprint density at radius 2 is 2.38 bits per heavy atom. The molecule has 0 saturated carbocycles. The Balaban J connectivity index is 3.53. The second-order valence-electron chi connectivity index (χ2n) is 2.46. The molecule has 0 saturated heterocycles. The molecule has 1 atom stereocenters. The first kappa shape index (κ1) is 7.92. The fourth-order valence-corrected chi connectivity index (χ4v) is 1.14. The number of hydrogen-bond acceptors (Lipinski definition) is 1. The monoisotopic (exact) mass is 129 g/mol. The van der Waals surface area contributed by atoms with Crippen LogP contribution in [0.15, 0.2) is 12.7 Å². The summed E-state index contributed by atoms with van der Waals surface area (Å²) in [4.78, 5) is 0. The minimum absolute atomic E-state index is 0.00521. The normalized spacial score (nSPS) is 17.8. The number of hydrogen-bond donors (Lipinski definition) is 1. The van der Waals surface area contributed by atoms with Crippen molar-refractivity contribution in [2.45, 2.75) is 24.9 Å². The fraction of sp³-hybridized carbons (Fsp3) is 0.667. The van der Waals surface area contributed by atoms with E-state index in [9.17, 15) is 0 Å². The second kappa shape index (κ2) is 3.05. The van der Waals surface area contributed by atoms with Crippen LogP contribution in [0.3, 0.4) is 0 Å². The van der Waals surface area contributed by atoms with Gasteiger partial charge in [-0.05, 0) is 6.42 Å². The predicted molar refractivity (Wildman–Crippen MR) is 42.0 cm³/mol. The van der Waals surface area contributed by atoms with Gasteiger partial charge < -0.3 is 5.73 Å². The molecule has 0 amide bonds. The van der Waals surface area contributed by atoms with Gasteiger partial charge in [0.05, 0.1) is 0 Å². The van der Waals surface area contributed by atoms with Crippen molar-refractivity contribution >= 4 is 10.2 Å². The first-order chi connectivity index (χ1) is 3.62. The first-order valence-corrected chi connectivity index (χ1v) is 4.05. The minimum atomic E-state index is -0.00521. The molecule has 0 aromatic carbocycles.